The highest BCUT2D eigenvalue weighted by atomic mass is 15.4. The fourth-order valence-corrected chi connectivity index (χ4v) is 2.48. The number of aromatic nitrogens is 5. The Balaban J connectivity index is 2.01. The molecular weight excluding hydrogens is 226 g/mol. The van der Waals surface area contributed by atoms with Gasteiger partial charge in [0.1, 0.15) is 11.3 Å². The SMILES string of the molecule is Cn1ncc(-c2ccnc3[nH]cc(C4CC4)c23)n1. The molecule has 0 bridgehead atoms. The highest BCUT2D eigenvalue weighted by Crippen LogP contribution is 2.44. The van der Waals surface area contributed by atoms with Crippen LogP contribution >= 0.6 is 0 Å². The van der Waals surface area contributed by atoms with Crippen molar-refractivity contribution in [3.8, 4) is 11.3 Å². The standard InChI is InChI=1S/C13H13N5/c1-18-16-7-11(17-18)9-4-5-14-13-12(9)10(6-15-13)8-2-3-8/h4-8H,2-3H2,1H3,(H,14,15). The number of aryl methyl sites for hydroxylation is 1. The average Bonchev–Trinajstić information content (AvgIpc) is 2.98. The fraction of sp³-hybridized carbons (Fsp3) is 0.308. The fourth-order valence-electron chi connectivity index (χ4n) is 2.48. The molecule has 0 atom stereocenters. The molecule has 0 radical (unpaired) electrons. The van der Waals surface area contributed by atoms with E-state index in [0.29, 0.717) is 5.92 Å². The first-order valence-corrected chi connectivity index (χ1v) is 6.15. The molecule has 18 heavy (non-hydrogen) atoms. The van der Waals surface area contributed by atoms with Crippen LogP contribution in [0, 0.1) is 0 Å². The van der Waals surface area contributed by atoms with Crippen LogP contribution in [-0.4, -0.2) is 25.0 Å². The van der Waals surface area contributed by atoms with Crippen LogP contribution in [-0.2, 0) is 7.05 Å². The number of H-pyrrole nitrogens is 1. The molecule has 1 aliphatic rings. The summed E-state index contributed by atoms with van der Waals surface area (Å²) in [7, 11) is 1.83. The predicted octanol–water partition coefficient (Wildman–Crippen LogP) is 2.24. The number of hydrogen-bond donors (Lipinski definition) is 1. The van der Waals surface area contributed by atoms with E-state index in [4.69, 9.17) is 0 Å². The maximum atomic E-state index is 4.40. The number of nitrogens with zero attached hydrogens (tertiary/aromatic N) is 4. The van der Waals surface area contributed by atoms with Gasteiger partial charge in [0, 0.05) is 30.4 Å². The van der Waals surface area contributed by atoms with Gasteiger partial charge in [0.05, 0.1) is 6.20 Å². The third-order valence-corrected chi connectivity index (χ3v) is 3.50. The van der Waals surface area contributed by atoms with Gasteiger partial charge in [0.25, 0.3) is 0 Å². The van der Waals surface area contributed by atoms with Crippen molar-refractivity contribution >= 4 is 11.0 Å². The lowest BCUT2D eigenvalue weighted by atomic mass is 10.0. The Morgan fingerprint density at radius 3 is 3.00 bits per heavy atom. The maximum absolute atomic E-state index is 4.40. The van der Waals surface area contributed by atoms with Crippen molar-refractivity contribution in [1.82, 2.24) is 25.0 Å². The topological polar surface area (TPSA) is 59.4 Å². The Kier molecular flexibility index (Phi) is 1.86. The first kappa shape index (κ1) is 9.82. The summed E-state index contributed by atoms with van der Waals surface area (Å²) in [5.41, 5.74) is 4.35. The molecule has 3 heterocycles. The van der Waals surface area contributed by atoms with Gasteiger partial charge in [-0.25, -0.2) is 4.98 Å². The Morgan fingerprint density at radius 2 is 2.28 bits per heavy atom. The third-order valence-electron chi connectivity index (χ3n) is 3.50. The zero-order valence-electron chi connectivity index (χ0n) is 10.1. The lowest BCUT2D eigenvalue weighted by molar-refractivity contribution is 0.655. The van der Waals surface area contributed by atoms with Gasteiger partial charge in [-0.15, -0.1) is 0 Å². The summed E-state index contributed by atoms with van der Waals surface area (Å²) < 4.78 is 0. The maximum Gasteiger partial charge on any atom is 0.138 e. The van der Waals surface area contributed by atoms with Crippen LogP contribution < -0.4 is 0 Å². The lowest BCUT2D eigenvalue weighted by Gasteiger charge is -2.01. The van der Waals surface area contributed by atoms with Crippen LogP contribution in [0.1, 0.15) is 24.3 Å². The molecule has 1 fully saturated rings. The summed E-state index contributed by atoms with van der Waals surface area (Å²) in [4.78, 5) is 9.24. The van der Waals surface area contributed by atoms with Gasteiger partial charge in [-0.1, -0.05) is 0 Å². The molecule has 0 aliphatic heterocycles. The summed E-state index contributed by atoms with van der Waals surface area (Å²) in [6, 6.07) is 2.02. The minimum Gasteiger partial charge on any atom is -0.346 e. The average molecular weight is 239 g/mol. The molecule has 0 saturated heterocycles. The summed E-state index contributed by atoms with van der Waals surface area (Å²) in [6.07, 6.45) is 8.27. The molecule has 1 N–H and O–H groups in total. The molecule has 4 rings (SSSR count). The smallest absolute Gasteiger partial charge is 0.138 e. The Morgan fingerprint density at radius 1 is 1.39 bits per heavy atom. The summed E-state index contributed by atoms with van der Waals surface area (Å²) in [5, 5.41) is 9.75. The van der Waals surface area contributed by atoms with Crippen LogP contribution in [0.25, 0.3) is 22.3 Å². The number of pyridine rings is 1. The number of rotatable bonds is 2. The number of hydrogen-bond acceptors (Lipinski definition) is 3. The van der Waals surface area contributed by atoms with E-state index in [9.17, 15) is 0 Å². The van der Waals surface area contributed by atoms with Gasteiger partial charge in [-0.3, -0.25) is 0 Å². The van der Waals surface area contributed by atoms with Gasteiger partial charge in [-0.2, -0.15) is 15.0 Å². The third kappa shape index (κ3) is 1.37. The Bertz CT molecular complexity index is 720. The van der Waals surface area contributed by atoms with E-state index < -0.39 is 0 Å². The van der Waals surface area contributed by atoms with Crippen LogP contribution in [0.4, 0.5) is 0 Å². The lowest BCUT2D eigenvalue weighted by Crippen LogP contribution is -1.92. The van der Waals surface area contributed by atoms with Crippen molar-refractivity contribution in [2.75, 3.05) is 0 Å². The van der Waals surface area contributed by atoms with E-state index in [0.717, 1.165) is 16.9 Å². The van der Waals surface area contributed by atoms with Crippen molar-refractivity contribution in [3.05, 3.63) is 30.2 Å². The number of nitrogens with one attached hydrogen (secondary N) is 1. The highest BCUT2D eigenvalue weighted by Gasteiger charge is 2.28. The highest BCUT2D eigenvalue weighted by molar-refractivity contribution is 5.95. The van der Waals surface area contributed by atoms with Crippen molar-refractivity contribution in [1.29, 1.82) is 0 Å². The molecule has 5 heteroatoms. The van der Waals surface area contributed by atoms with Gasteiger partial charge < -0.3 is 4.98 Å². The van der Waals surface area contributed by atoms with E-state index in [1.54, 1.807) is 11.0 Å². The van der Waals surface area contributed by atoms with Crippen LogP contribution in [0.2, 0.25) is 0 Å². The van der Waals surface area contributed by atoms with Gasteiger partial charge in [0.2, 0.25) is 0 Å². The molecule has 0 amide bonds. The first-order valence-electron chi connectivity index (χ1n) is 6.15. The normalized spacial score (nSPS) is 15.4. The van der Waals surface area contributed by atoms with Gasteiger partial charge in [-0.05, 0) is 30.4 Å². The quantitative estimate of drug-likeness (QED) is 0.746. The van der Waals surface area contributed by atoms with Crippen LogP contribution in [0.5, 0.6) is 0 Å². The second kappa shape index (κ2) is 3.41. The van der Waals surface area contributed by atoms with E-state index >= 15 is 0 Å². The summed E-state index contributed by atoms with van der Waals surface area (Å²) in [6.45, 7) is 0. The molecule has 5 nitrogen and oxygen atoms in total. The van der Waals surface area contributed by atoms with Crippen LogP contribution in [0.3, 0.4) is 0 Å². The number of fused-ring (bicyclic) bond motifs is 1. The monoisotopic (exact) mass is 239 g/mol. The Labute approximate surface area is 104 Å². The van der Waals surface area contributed by atoms with Crippen molar-refractivity contribution < 1.29 is 0 Å². The molecule has 1 saturated carbocycles. The van der Waals surface area contributed by atoms with Crippen molar-refractivity contribution in [2.45, 2.75) is 18.8 Å². The van der Waals surface area contributed by atoms with Crippen LogP contribution in [0.15, 0.2) is 24.7 Å². The molecule has 0 aromatic carbocycles. The second-order valence-corrected chi connectivity index (χ2v) is 4.82. The van der Waals surface area contributed by atoms with Crippen molar-refractivity contribution in [2.24, 2.45) is 7.05 Å². The number of aromatic amines is 1. The molecule has 3 aromatic heterocycles. The molecule has 1 aliphatic carbocycles. The van der Waals surface area contributed by atoms with E-state index in [1.165, 1.54) is 23.8 Å². The largest absolute Gasteiger partial charge is 0.346 e. The molecular formula is C13H13N5. The second-order valence-electron chi connectivity index (χ2n) is 4.82. The van der Waals surface area contributed by atoms with Gasteiger partial charge >= 0.3 is 0 Å². The van der Waals surface area contributed by atoms with E-state index in [2.05, 4.69) is 26.4 Å². The summed E-state index contributed by atoms with van der Waals surface area (Å²) >= 11 is 0. The molecule has 90 valence electrons. The van der Waals surface area contributed by atoms with E-state index in [-0.39, 0.29) is 0 Å². The zero-order valence-corrected chi connectivity index (χ0v) is 10.1. The Hall–Kier alpha value is -2.17. The molecule has 0 spiro atoms. The van der Waals surface area contributed by atoms with E-state index in [1.807, 2.05) is 19.3 Å². The molecule has 3 aromatic rings. The minimum absolute atomic E-state index is 0.693. The van der Waals surface area contributed by atoms with Gasteiger partial charge in [0.15, 0.2) is 0 Å². The summed E-state index contributed by atoms with van der Waals surface area (Å²) in [5.74, 6) is 0.693. The zero-order chi connectivity index (χ0) is 12.1. The molecule has 0 unspecified atom stereocenters. The first-order chi connectivity index (χ1) is 8.83. The van der Waals surface area contributed by atoms with Crippen molar-refractivity contribution in [3.63, 3.8) is 0 Å². The predicted molar refractivity (Wildman–Crippen MR) is 68.1 cm³/mol. The minimum atomic E-state index is 0.693.